The van der Waals surface area contributed by atoms with Gasteiger partial charge in [0.2, 0.25) is 5.91 Å². The topological polar surface area (TPSA) is 51.0 Å². The van der Waals surface area contributed by atoms with Crippen LogP contribution in [0.25, 0.3) is 11.4 Å². The highest BCUT2D eigenvalue weighted by atomic mass is 79.9. The summed E-state index contributed by atoms with van der Waals surface area (Å²) >= 11 is 4.89. The Kier molecular flexibility index (Phi) is 6.68. The maximum atomic E-state index is 12.0. The molecular formula is C20H21BrN4OS. The van der Waals surface area contributed by atoms with E-state index < -0.39 is 0 Å². The lowest BCUT2D eigenvalue weighted by molar-refractivity contribution is -0.125. The van der Waals surface area contributed by atoms with Crippen LogP contribution in [0.4, 0.5) is 0 Å². The lowest BCUT2D eigenvalue weighted by Gasteiger charge is -2.12. The Morgan fingerprint density at radius 1 is 1.07 bits per heavy atom. The van der Waals surface area contributed by atoms with E-state index >= 15 is 0 Å². The molecule has 27 heavy (non-hydrogen) atoms. The molecule has 0 saturated heterocycles. The maximum absolute atomic E-state index is 12.0. The molecule has 0 aliphatic carbocycles. The zero-order valence-electron chi connectivity index (χ0n) is 15.3. The molecule has 1 amide bonds. The Bertz CT molecular complexity index is 894. The molecule has 0 aliphatic heterocycles. The molecule has 3 rings (SSSR count). The van der Waals surface area contributed by atoms with Gasteiger partial charge in [-0.05, 0) is 24.1 Å². The fraction of sp³-hybridized carbons (Fsp3) is 0.250. The first-order valence-corrected chi connectivity index (χ1v) is 10.4. The van der Waals surface area contributed by atoms with Crippen LogP contribution in [0, 0.1) is 0 Å². The number of hydrogen-bond donors (Lipinski definition) is 0. The molecule has 0 unspecified atom stereocenters. The average molecular weight is 445 g/mol. The van der Waals surface area contributed by atoms with Crippen molar-refractivity contribution in [1.82, 2.24) is 19.7 Å². The van der Waals surface area contributed by atoms with Gasteiger partial charge in [0.25, 0.3) is 0 Å². The van der Waals surface area contributed by atoms with Gasteiger partial charge in [-0.3, -0.25) is 4.79 Å². The number of nitrogens with zero attached hydrogens (tertiary/aromatic N) is 4. The molecule has 0 atom stereocenters. The van der Waals surface area contributed by atoms with Crippen LogP contribution in [-0.2, 0) is 17.8 Å². The van der Waals surface area contributed by atoms with Gasteiger partial charge in [0, 0.05) is 30.7 Å². The number of hydrogen-bond acceptors (Lipinski definition) is 4. The minimum Gasteiger partial charge on any atom is -0.348 e. The van der Waals surface area contributed by atoms with Crippen LogP contribution in [0.1, 0.15) is 5.56 Å². The number of rotatable bonds is 7. The second-order valence-electron chi connectivity index (χ2n) is 6.28. The number of benzene rings is 2. The molecule has 0 aliphatic rings. The van der Waals surface area contributed by atoms with Crippen LogP contribution in [0.5, 0.6) is 0 Å². The van der Waals surface area contributed by atoms with Crippen molar-refractivity contribution in [2.75, 3.05) is 19.8 Å². The number of carbonyl (C=O) groups excluding carboxylic acids is 1. The van der Waals surface area contributed by atoms with Crippen LogP contribution < -0.4 is 0 Å². The quantitative estimate of drug-likeness (QED) is 0.514. The van der Waals surface area contributed by atoms with Gasteiger partial charge in [0.15, 0.2) is 11.0 Å². The summed E-state index contributed by atoms with van der Waals surface area (Å²) in [5.41, 5.74) is 2.26. The van der Waals surface area contributed by atoms with Crippen molar-refractivity contribution < 1.29 is 4.79 Å². The van der Waals surface area contributed by atoms with Crippen molar-refractivity contribution in [2.45, 2.75) is 18.1 Å². The summed E-state index contributed by atoms with van der Waals surface area (Å²) in [6, 6.07) is 18.4. The highest BCUT2D eigenvalue weighted by Gasteiger charge is 2.16. The molecule has 7 heteroatoms. The Labute approximate surface area is 171 Å². The second kappa shape index (κ2) is 9.19. The third kappa shape index (κ3) is 5.20. The van der Waals surface area contributed by atoms with E-state index in [1.54, 1.807) is 19.0 Å². The fourth-order valence-corrected chi connectivity index (χ4v) is 3.76. The molecule has 1 heterocycles. The Hall–Kier alpha value is -2.12. The summed E-state index contributed by atoms with van der Waals surface area (Å²) in [4.78, 5) is 13.6. The van der Waals surface area contributed by atoms with Gasteiger partial charge in [-0.25, -0.2) is 0 Å². The number of halogens is 1. The average Bonchev–Trinajstić information content (AvgIpc) is 3.08. The molecule has 0 N–H and O–H groups in total. The number of carbonyl (C=O) groups is 1. The summed E-state index contributed by atoms with van der Waals surface area (Å²) in [6.45, 7) is 0.751. The van der Waals surface area contributed by atoms with E-state index in [1.165, 1.54) is 17.3 Å². The van der Waals surface area contributed by atoms with Crippen molar-refractivity contribution in [1.29, 1.82) is 0 Å². The van der Waals surface area contributed by atoms with Crippen molar-refractivity contribution >= 4 is 33.6 Å². The SMILES string of the molecule is CN(C)C(=O)CSc1nnc(-c2ccc(Br)cc2)n1CCc1ccccc1. The third-order valence-corrected chi connectivity index (χ3v) is 5.59. The first-order chi connectivity index (χ1) is 13.0. The normalized spacial score (nSPS) is 10.8. The van der Waals surface area contributed by atoms with E-state index in [1.807, 2.05) is 42.5 Å². The van der Waals surface area contributed by atoms with Gasteiger partial charge in [0.05, 0.1) is 5.75 Å². The highest BCUT2D eigenvalue weighted by Crippen LogP contribution is 2.26. The molecular weight excluding hydrogens is 424 g/mol. The van der Waals surface area contributed by atoms with Crippen molar-refractivity contribution in [3.8, 4) is 11.4 Å². The van der Waals surface area contributed by atoms with Crippen LogP contribution in [-0.4, -0.2) is 45.4 Å². The van der Waals surface area contributed by atoms with Crippen molar-refractivity contribution in [2.24, 2.45) is 0 Å². The third-order valence-electron chi connectivity index (χ3n) is 4.11. The fourth-order valence-electron chi connectivity index (χ4n) is 2.55. The van der Waals surface area contributed by atoms with E-state index in [9.17, 15) is 4.79 Å². The van der Waals surface area contributed by atoms with Gasteiger partial charge in [-0.1, -0.05) is 70.2 Å². The minimum atomic E-state index is 0.0581. The molecule has 0 saturated carbocycles. The van der Waals surface area contributed by atoms with Crippen LogP contribution in [0.15, 0.2) is 64.2 Å². The predicted octanol–water partition coefficient (Wildman–Crippen LogP) is 4.13. The monoisotopic (exact) mass is 444 g/mol. The van der Waals surface area contributed by atoms with Crippen LogP contribution >= 0.6 is 27.7 Å². The van der Waals surface area contributed by atoms with Crippen molar-refractivity contribution in [3.05, 3.63) is 64.6 Å². The molecule has 0 fully saturated rings. The van der Waals surface area contributed by atoms with Gasteiger partial charge >= 0.3 is 0 Å². The molecule has 1 aromatic heterocycles. The van der Waals surface area contributed by atoms with E-state index in [0.717, 1.165) is 34.0 Å². The number of aryl methyl sites for hydroxylation is 1. The number of amides is 1. The Morgan fingerprint density at radius 3 is 2.44 bits per heavy atom. The summed E-state index contributed by atoms with van der Waals surface area (Å²) in [6.07, 6.45) is 0.873. The largest absolute Gasteiger partial charge is 0.348 e. The maximum Gasteiger partial charge on any atom is 0.232 e. The molecule has 0 radical (unpaired) electrons. The summed E-state index contributed by atoms with van der Waals surface area (Å²) in [5, 5.41) is 9.52. The highest BCUT2D eigenvalue weighted by molar-refractivity contribution is 9.10. The Morgan fingerprint density at radius 2 is 1.78 bits per heavy atom. The van der Waals surface area contributed by atoms with E-state index in [2.05, 4.69) is 42.8 Å². The summed E-state index contributed by atoms with van der Waals surface area (Å²) in [7, 11) is 3.52. The zero-order valence-corrected chi connectivity index (χ0v) is 17.7. The second-order valence-corrected chi connectivity index (χ2v) is 8.14. The lowest BCUT2D eigenvalue weighted by Crippen LogP contribution is -2.23. The first kappa shape index (κ1) is 19.6. The van der Waals surface area contributed by atoms with Gasteiger partial charge < -0.3 is 9.47 Å². The van der Waals surface area contributed by atoms with Gasteiger partial charge in [-0.15, -0.1) is 10.2 Å². The summed E-state index contributed by atoms with van der Waals surface area (Å²) in [5.74, 6) is 1.22. The predicted molar refractivity (Wildman–Crippen MR) is 113 cm³/mol. The standard InChI is InChI=1S/C20H21BrN4OS/c1-24(2)18(26)14-27-20-23-22-19(16-8-10-17(21)11-9-16)25(20)13-12-15-6-4-3-5-7-15/h3-11H,12-14H2,1-2H3. The lowest BCUT2D eigenvalue weighted by atomic mass is 10.1. The summed E-state index contributed by atoms with van der Waals surface area (Å²) < 4.78 is 3.12. The molecule has 5 nitrogen and oxygen atoms in total. The molecule has 2 aromatic carbocycles. The van der Waals surface area contributed by atoms with E-state index in [0.29, 0.717) is 5.75 Å². The molecule has 0 spiro atoms. The van der Waals surface area contributed by atoms with Crippen LogP contribution in [0.2, 0.25) is 0 Å². The number of thioether (sulfide) groups is 1. The zero-order chi connectivity index (χ0) is 19.2. The Balaban J connectivity index is 1.86. The van der Waals surface area contributed by atoms with Gasteiger partial charge in [0.1, 0.15) is 0 Å². The smallest absolute Gasteiger partial charge is 0.232 e. The number of aromatic nitrogens is 3. The molecule has 140 valence electrons. The van der Waals surface area contributed by atoms with Gasteiger partial charge in [-0.2, -0.15) is 0 Å². The molecule has 3 aromatic rings. The van der Waals surface area contributed by atoms with Crippen molar-refractivity contribution in [3.63, 3.8) is 0 Å². The first-order valence-electron chi connectivity index (χ1n) is 8.60. The van der Waals surface area contributed by atoms with E-state index in [-0.39, 0.29) is 5.91 Å². The van der Waals surface area contributed by atoms with E-state index in [4.69, 9.17) is 0 Å². The van der Waals surface area contributed by atoms with Crippen LogP contribution in [0.3, 0.4) is 0 Å². The molecule has 0 bridgehead atoms. The minimum absolute atomic E-state index is 0.0581.